The summed E-state index contributed by atoms with van der Waals surface area (Å²) < 4.78 is 7.47. The number of amides is 1. The standard InChI is InChI=1S/C29H34N8O2/c1-34-7-9-37(10-8-34)28-17-22(5-6-30-28)29(38)33-27-16-24-15-21(3-4-23(24)18-31-27)25-19-32-35(2)26(25)20-36-11-13-39-14-12-36/h3-6,15-19H,7-14,20H2,1-2H3,(H,31,33,38). The number of rotatable bonds is 6. The lowest BCUT2D eigenvalue weighted by molar-refractivity contribution is 0.0332. The first kappa shape index (κ1) is 25.4. The highest BCUT2D eigenvalue weighted by atomic mass is 16.5. The molecule has 1 amide bonds. The molecule has 2 saturated heterocycles. The quantitative estimate of drug-likeness (QED) is 0.410. The molecule has 0 unspecified atom stereocenters. The van der Waals surface area contributed by atoms with E-state index in [-0.39, 0.29) is 5.91 Å². The van der Waals surface area contributed by atoms with Crippen molar-refractivity contribution < 1.29 is 9.53 Å². The first-order chi connectivity index (χ1) is 19.0. The van der Waals surface area contributed by atoms with E-state index in [0.29, 0.717) is 11.4 Å². The molecule has 1 aromatic carbocycles. The van der Waals surface area contributed by atoms with Crippen LogP contribution < -0.4 is 10.2 Å². The van der Waals surface area contributed by atoms with Crippen molar-refractivity contribution in [3.05, 3.63) is 66.2 Å². The number of carbonyl (C=O) groups excluding carboxylic acids is 1. The number of aryl methyl sites for hydroxylation is 1. The fourth-order valence-electron chi connectivity index (χ4n) is 5.20. The Bertz CT molecular complexity index is 1470. The normalized spacial score (nSPS) is 17.0. The summed E-state index contributed by atoms with van der Waals surface area (Å²) in [6, 6.07) is 11.9. The van der Waals surface area contributed by atoms with E-state index in [1.165, 1.54) is 5.69 Å². The molecular weight excluding hydrogens is 492 g/mol. The molecule has 202 valence electrons. The van der Waals surface area contributed by atoms with Crippen molar-refractivity contribution in [3.8, 4) is 11.1 Å². The number of piperazine rings is 1. The summed E-state index contributed by atoms with van der Waals surface area (Å²) in [4.78, 5) is 29.0. The highest BCUT2D eigenvalue weighted by Crippen LogP contribution is 2.29. The van der Waals surface area contributed by atoms with Gasteiger partial charge in [0.2, 0.25) is 0 Å². The maximum atomic E-state index is 13.1. The lowest BCUT2D eigenvalue weighted by Crippen LogP contribution is -2.44. The largest absolute Gasteiger partial charge is 0.379 e. The number of fused-ring (bicyclic) bond motifs is 1. The molecular formula is C29H34N8O2. The molecule has 5 heterocycles. The van der Waals surface area contributed by atoms with Crippen molar-refractivity contribution in [3.63, 3.8) is 0 Å². The number of hydrogen-bond donors (Lipinski definition) is 1. The number of ether oxygens (including phenoxy) is 1. The van der Waals surface area contributed by atoms with Crippen molar-refractivity contribution in [2.24, 2.45) is 7.05 Å². The molecule has 2 aliphatic rings. The highest BCUT2D eigenvalue weighted by molar-refractivity contribution is 6.05. The molecule has 3 aromatic heterocycles. The van der Waals surface area contributed by atoms with E-state index in [1.54, 1.807) is 18.5 Å². The summed E-state index contributed by atoms with van der Waals surface area (Å²) >= 11 is 0. The minimum atomic E-state index is -0.198. The lowest BCUT2D eigenvalue weighted by Gasteiger charge is -2.33. The van der Waals surface area contributed by atoms with Crippen LogP contribution >= 0.6 is 0 Å². The van der Waals surface area contributed by atoms with Gasteiger partial charge in [-0.1, -0.05) is 12.1 Å². The first-order valence-corrected chi connectivity index (χ1v) is 13.5. The smallest absolute Gasteiger partial charge is 0.257 e. The van der Waals surface area contributed by atoms with E-state index in [1.807, 2.05) is 30.1 Å². The number of pyridine rings is 2. The number of hydrogen-bond acceptors (Lipinski definition) is 8. The van der Waals surface area contributed by atoms with Crippen LogP contribution in [0.5, 0.6) is 0 Å². The Morgan fingerprint density at radius 2 is 1.74 bits per heavy atom. The number of anilines is 2. The van der Waals surface area contributed by atoms with Gasteiger partial charge < -0.3 is 19.9 Å². The fourth-order valence-corrected chi connectivity index (χ4v) is 5.20. The fraction of sp³-hybridized carbons (Fsp3) is 0.379. The van der Waals surface area contributed by atoms with Gasteiger partial charge in [0.1, 0.15) is 11.6 Å². The molecule has 0 atom stereocenters. The number of nitrogens with one attached hydrogen (secondary N) is 1. The Kier molecular flexibility index (Phi) is 7.23. The third-order valence-corrected chi connectivity index (χ3v) is 7.65. The molecule has 4 aromatic rings. The van der Waals surface area contributed by atoms with Crippen LogP contribution in [0.2, 0.25) is 0 Å². The van der Waals surface area contributed by atoms with Crippen LogP contribution in [-0.4, -0.2) is 95.0 Å². The van der Waals surface area contributed by atoms with Crippen LogP contribution in [0.4, 0.5) is 11.6 Å². The predicted molar refractivity (Wildman–Crippen MR) is 152 cm³/mol. The van der Waals surface area contributed by atoms with Gasteiger partial charge in [0.15, 0.2) is 0 Å². The maximum absolute atomic E-state index is 13.1. The molecule has 6 rings (SSSR count). The Labute approximate surface area is 228 Å². The molecule has 0 aliphatic carbocycles. The summed E-state index contributed by atoms with van der Waals surface area (Å²) in [6.45, 7) is 7.96. The van der Waals surface area contributed by atoms with Crippen molar-refractivity contribution in [1.29, 1.82) is 0 Å². The molecule has 0 saturated carbocycles. The summed E-state index contributed by atoms with van der Waals surface area (Å²) in [7, 11) is 4.11. The summed E-state index contributed by atoms with van der Waals surface area (Å²) in [6.07, 6.45) is 5.43. The van der Waals surface area contributed by atoms with Gasteiger partial charge in [-0.15, -0.1) is 0 Å². The van der Waals surface area contributed by atoms with Gasteiger partial charge in [0.25, 0.3) is 5.91 Å². The van der Waals surface area contributed by atoms with Crippen molar-refractivity contribution in [2.45, 2.75) is 6.54 Å². The molecule has 0 spiro atoms. The molecule has 10 nitrogen and oxygen atoms in total. The van der Waals surface area contributed by atoms with Gasteiger partial charge in [-0.25, -0.2) is 9.97 Å². The van der Waals surface area contributed by atoms with Crippen molar-refractivity contribution >= 4 is 28.3 Å². The Balaban J connectivity index is 1.21. The monoisotopic (exact) mass is 526 g/mol. The van der Waals surface area contributed by atoms with E-state index in [0.717, 1.165) is 86.7 Å². The molecule has 2 aliphatic heterocycles. The third-order valence-electron chi connectivity index (χ3n) is 7.65. The zero-order valence-electron chi connectivity index (χ0n) is 22.5. The van der Waals surface area contributed by atoms with E-state index in [2.05, 4.69) is 60.3 Å². The first-order valence-electron chi connectivity index (χ1n) is 13.5. The summed E-state index contributed by atoms with van der Waals surface area (Å²) in [5.41, 5.74) is 3.94. The van der Waals surface area contributed by atoms with Crippen LogP contribution in [0.1, 0.15) is 16.1 Å². The summed E-state index contributed by atoms with van der Waals surface area (Å²) in [5, 5.41) is 9.55. The molecule has 2 fully saturated rings. The van der Waals surface area contributed by atoms with Crippen molar-refractivity contribution in [1.82, 2.24) is 29.5 Å². The van der Waals surface area contributed by atoms with Crippen LogP contribution in [0.3, 0.4) is 0 Å². The number of carbonyl (C=O) groups is 1. The summed E-state index contributed by atoms with van der Waals surface area (Å²) in [5.74, 6) is 1.15. The van der Waals surface area contributed by atoms with E-state index in [9.17, 15) is 4.79 Å². The van der Waals surface area contributed by atoms with Gasteiger partial charge >= 0.3 is 0 Å². The van der Waals surface area contributed by atoms with Gasteiger partial charge in [-0.05, 0) is 42.3 Å². The minimum Gasteiger partial charge on any atom is -0.379 e. The van der Waals surface area contributed by atoms with Gasteiger partial charge in [-0.3, -0.25) is 14.4 Å². The minimum absolute atomic E-state index is 0.198. The van der Waals surface area contributed by atoms with E-state index >= 15 is 0 Å². The second-order valence-electron chi connectivity index (χ2n) is 10.3. The number of nitrogens with zero attached hydrogens (tertiary/aromatic N) is 7. The number of benzene rings is 1. The highest BCUT2D eigenvalue weighted by Gasteiger charge is 2.19. The molecule has 0 radical (unpaired) electrons. The Morgan fingerprint density at radius 3 is 2.56 bits per heavy atom. The zero-order valence-corrected chi connectivity index (χ0v) is 22.5. The topological polar surface area (TPSA) is 91.7 Å². The average Bonchev–Trinajstić information content (AvgIpc) is 3.33. The van der Waals surface area contributed by atoms with Crippen molar-refractivity contribution in [2.75, 3.05) is 69.7 Å². The van der Waals surface area contributed by atoms with Crippen LogP contribution in [0, 0.1) is 0 Å². The number of aromatic nitrogens is 4. The van der Waals surface area contributed by atoms with Gasteiger partial charge in [-0.2, -0.15) is 5.10 Å². The Hall–Kier alpha value is -3.86. The average molecular weight is 527 g/mol. The van der Waals surface area contributed by atoms with Crippen LogP contribution in [-0.2, 0) is 18.3 Å². The van der Waals surface area contributed by atoms with E-state index in [4.69, 9.17) is 4.74 Å². The molecule has 0 bridgehead atoms. The second kappa shape index (κ2) is 11.1. The SMILES string of the molecule is CN1CCN(c2cc(C(=O)Nc3cc4cc(-c5cnn(C)c5CN5CCOCC5)ccc4cn3)ccn2)CC1. The second-order valence-corrected chi connectivity index (χ2v) is 10.3. The number of likely N-dealkylation sites (N-methyl/N-ethyl adjacent to an activating group) is 1. The number of morpholine rings is 1. The molecule has 1 N–H and O–H groups in total. The van der Waals surface area contributed by atoms with Crippen LogP contribution in [0.25, 0.3) is 21.9 Å². The zero-order chi connectivity index (χ0) is 26.8. The lowest BCUT2D eigenvalue weighted by atomic mass is 10.0. The molecule has 10 heteroatoms. The van der Waals surface area contributed by atoms with Gasteiger partial charge in [0.05, 0.1) is 25.1 Å². The molecule has 39 heavy (non-hydrogen) atoms. The van der Waals surface area contributed by atoms with Gasteiger partial charge in [0, 0.05) is 81.8 Å². The van der Waals surface area contributed by atoms with E-state index < -0.39 is 0 Å². The van der Waals surface area contributed by atoms with Crippen LogP contribution in [0.15, 0.2) is 55.0 Å². The maximum Gasteiger partial charge on any atom is 0.257 e. The third kappa shape index (κ3) is 5.63. The predicted octanol–water partition coefficient (Wildman–Crippen LogP) is 2.87. The Morgan fingerprint density at radius 1 is 0.923 bits per heavy atom.